The summed E-state index contributed by atoms with van der Waals surface area (Å²) in [4.78, 5) is 14.4. The van der Waals surface area contributed by atoms with E-state index in [1.54, 1.807) is 7.11 Å². The number of hydrogen-bond acceptors (Lipinski definition) is 3. The Morgan fingerprint density at radius 3 is 2.73 bits per heavy atom. The summed E-state index contributed by atoms with van der Waals surface area (Å²) in [5.74, 6) is 0.980. The number of nitriles is 1. The molecule has 0 N–H and O–H groups in total. The second-order valence-corrected chi connectivity index (χ2v) is 6.19. The van der Waals surface area contributed by atoms with E-state index in [0.29, 0.717) is 11.7 Å². The molecule has 0 bridgehead atoms. The van der Waals surface area contributed by atoms with Crippen molar-refractivity contribution in [1.29, 1.82) is 5.26 Å². The average molecular weight is 300 g/mol. The van der Waals surface area contributed by atoms with Gasteiger partial charge in [-0.25, -0.2) is 0 Å². The van der Waals surface area contributed by atoms with Crippen LogP contribution >= 0.6 is 0 Å². The fourth-order valence-electron chi connectivity index (χ4n) is 2.91. The minimum Gasteiger partial charge on any atom is -0.496 e. The predicted octanol–water partition coefficient (Wildman–Crippen LogP) is 3.26. The van der Waals surface area contributed by atoms with Crippen LogP contribution in [-0.4, -0.2) is 31.0 Å². The normalized spacial score (nSPS) is 16.9. The Morgan fingerprint density at radius 2 is 2.14 bits per heavy atom. The molecule has 1 aromatic rings. The van der Waals surface area contributed by atoms with E-state index >= 15 is 0 Å². The standard InChI is InChI=1S/C18H24N2O2/c1-13-6-8-20(9-7-13)18(21)11-15(12-19)16-10-14(2)4-5-17(16)22-3/h4-5,10,13,15H,6-9,11H2,1-3H3. The maximum atomic E-state index is 12.5. The van der Waals surface area contributed by atoms with Crippen molar-refractivity contribution in [1.82, 2.24) is 4.90 Å². The number of aryl methyl sites for hydroxylation is 1. The first kappa shape index (κ1) is 16.4. The molecular formula is C18H24N2O2. The van der Waals surface area contributed by atoms with Gasteiger partial charge in [-0.3, -0.25) is 4.79 Å². The Hall–Kier alpha value is -2.02. The van der Waals surface area contributed by atoms with Gasteiger partial charge in [0.25, 0.3) is 0 Å². The molecule has 0 saturated carbocycles. The molecule has 22 heavy (non-hydrogen) atoms. The molecule has 1 aliphatic heterocycles. The van der Waals surface area contributed by atoms with Gasteiger partial charge in [0.15, 0.2) is 0 Å². The van der Waals surface area contributed by atoms with E-state index < -0.39 is 5.92 Å². The van der Waals surface area contributed by atoms with Crippen molar-refractivity contribution in [2.24, 2.45) is 5.92 Å². The summed E-state index contributed by atoms with van der Waals surface area (Å²) in [5.41, 5.74) is 1.87. The molecule has 1 fully saturated rings. The van der Waals surface area contributed by atoms with Crippen molar-refractivity contribution in [2.45, 2.75) is 39.0 Å². The lowest BCUT2D eigenvalue weighted by atomic mass is 9.93. The topological polar surface area (TPSA) is 53.3 Å². The predicted molar refractivity (Wildman–Crippen MR) is 85.7 cm³/mol. The summed E-state index contributed by atoms with van der Waals surface area (Å²) in [5, 5.41) is 9.50. The van der Waals surface area contributed by atoms with Gasteiger partial charge in [0.2, 0.25) is 5.91 Å². The SMILES string of the molecule is COc1ccc(C)cc1C(C#N)CC(=O)N1CCC(C)CC1. The second-order valence-electron chi connectivity index (χ2n) is 6.19. The van der Waals surface area contributed by atoms with Crippen LogP contribution in [0.1, 0.15) is 43.2 Å². The van der Waals surface area contributed by atoms with Crippen LogP contribution in [0.15, 0.2) is 18.2 Å². The Morgan fingerprint density at radius 1 is 1.45 bits per heavy atom. The lowest BCUT2D eigenvalue weighted by molar-refractivity contribution is -0.132. The van der Waals surface area contributed by atoms with Gasteiger partial charge in [-0.2, -0.15) is 5.26 Å². The maximum Gasteiger partial charge on any atom is 0.224 e. The van der Waals surface area contributed by atoms with Crippen LogP contribution in [0.2, 0.25) is 0 Å². The Labute approximate surface area is 132 Å². The molecule has 0 spiro atoms. The van der Waals surface area contributed by atoms with E-state index in [2.05, 4.69) is 13.0 Å². The van der Waals surface area contributed by atoms with Crippen molar-refractivity contribution >= 4 is 5.91 Å². The minimum absolute atomic E-state index is 0.0713. The quantitative estimate of drug-likeness (QED) is 0.857. The monoisotopic (exact) mass is 300 g/mol. The number of rotatable bonds is 4. The highest BCUT2D eigenvalue weighted by molar-refractivity contribution is 5.78. The van der Waals surface area contributed by atoms with Gasteiger partial charge in [-0.1, -0.05) is 24.6 Å². The van der Waals surface area contributed by atoms with Gasteiger partial charge in [0.1, 0.15) is 5.75 Å². The molecule has 1 aromatic carbocycles. The zero-order valence-corrected chi connectivity index (χ0v) is 13.6. The van der Waals surface area contributed by atoms with Gasteiger partial charge in [-0.05, 0) is 31.7 Å². The summed E-state index contributed by atoms with van der Waals surface area (Å²) in [6.07, 6.45) is 2.33. The molecule has 4 heteroatoms. The number of nitrogens with zero attached hydrogens (tertiary/aromatic N) is 2. The molecule has 1 aliphatic rings. The minimum atomic E-state index is -0.457. The summed E-state index contributed by atoms with van der Waals surface area (Å²) in [6.45, 7) is 5.81. The molecule has 0 radical (unpaired) electrons. The van der Waals surface area contributed by atoms with Crippen LogP contribution in [0.3, 0.4) is 0 Å². The molecular weight excluding hydrogens is 276 g/mol. The molecule has 1 saturated heterocycles. The third-order valence-electron chi connectivity index (χ3n) is 4.43. The van der Waals surface area contributed by atoms with Crippen LogP contribution in [-0.2, 0) is 4.79 Å². The summed E-state index contributed by atoms with van der Waals surface area (Å²) < 4.78 is 5.35. The van der Waals surface area contributed by atoms with E-state index in [4.69, 9.17) is 4.74 Å². The first-order valence-corrected chi connectivity index (χ1v) is 7.87. The Kier molecular flexibility index (Phi) is 5.43. The number of piperidine rings is 1. The van der Waals surface area contributed by atoms with Gasteiger partial charge in [-0.15, -0.1) is 0 Å². The molecule has 1 amide bonds. The lowest BCUT2D eigenvalue weighted by Crippen LogP contribution is -2.38. The molecule has 1 heterocycles. The fourth-order valence-corrected chi connectivity index (χ4v) is 2.91. The van der Waals surface area contributed by atoms with Crippen LogP contribution < -0.4 is 4.74 Å². The molecule has 1 atom stereocenters. The van der Waals surface area contributed by atoms with E-state index in [0.717, 1.165) is 37.1 Å². The van der Waals surface area contributed by atoms with Crippen molar-refractivity contribution in [3.63, 3.8) is 0 Å². The number of amides is 1. The second kappa shape index (κ2) is 7.31. The van der Waals surface area contributed by atoms with E-state index in [9.17, 15) is 10.1 Å². The van der Waals surface area contributed by atoms with Crippen molar-refractivity contribution in [3.05, 3.63) is 29.3 Å². The highest BCUT2D eigenvalue weighted by atomic mass is 16.5. The Bertz CT molecular complexity index is 569. The smallest absolute Gasteiger partial charge is 0.224 e. The number of benzene rings is 1. The van der Waals surface area contributed by atoms with Crippen molar-refractivity contribution in [3.8, 4) is 11.8 Å². The number of hydrogen-bond donors (Lipinski definition) is 0. The molecule has 0 aliphatic carbocycles. The van der Waals surface area contributed by atoms with Gasteiger partial charge < -0.3 is 9.64 Å². The molecule has 1 unspecified atom stereocenters. The van der Waals surface area contributed by atoms with Gasteiger partial charge in [0.05, 0.1) is 19.1 Å². The summed E-state index contributed by atoms with van der Waals surface area (Å²) in [6, 6.07) is 8.03. The van der Waals surface area contributed by atoms with Crippen molar-refractivity contribution in [2.75, 3.05) is 20.2 Å². The van der Waals surface area contributed by atoms with Crippen LogP contribution in [0, 0.1) is 24.2 Å². The maximum absolute atomic E-state index is 12.5. The summed E-state index contributed by atoms with van der Waals surface area (Å²) in [7, 11) is 1.59. The third kappa shape index (κ3) is 3.79. The summed E-state index contributed by atoms with van der Waals surface area (Å²) >= 11 is 0. The number of carbonyl (C=O) groups excluding carboxylic acids is 1. The average Bonchev–Trinajstić information content (AvgIpc) is 2.53. The molecule has 2 rings (SSSR count). The van der Waals surface area contributed by atoms with E-state index in [1.165, 1.54) is 0 Å². The number of carbonyl (C=O) groups is 1. The van der Waals surface area contributed by atoms with Gasteiger partial charge >= 0.3 is 0 Å². The first-order chi connectivity index (χ1) is 10.5. The van der Waals surface area contributed by atoms with Crippen LogP contribution in [0.25, 0.3) is 0 Å². The molecule has 4 nitrogen and oxygen atoms in total. The third-order valence-corrected chi connectivity index (χ3v) is 4.43. The van der Waals surface area contributed by atoms with E-state index in [-0.39, 0.29) is 12.3 Å². The largest absolute Gasteiger partial charge is 0.496 e. The number of methoxy groups -OCH3 is 1. The fraction of sp³-hybridized carbons (Fsp3) is 0.556. The number of ether oxygens (including phenoxy) is 1. The van der Waals surface area contributed by atoms with E-state index in [1.807, 2.05) is 30.0 Å². The zero-order chi connectivity index (χ0) is 16.1. The molecule has 0 aromatic heterocycles. The highest BCUT2D eigenvalue weighted by Crippen LogP contribution is 2.30. The molecule has 118 valence electrons. The van der Waals surface area contributed by atoms with Gasteiger partial charge in [0, 0.05) is 25.1 Å². The zero-order valence-electron chi connectivity index (χ0n) is 13.6. The van der Waals surface area contributed by atoms with Crippen LogP contribution in [0.4, 0.5) is 0 Å². The Balaban J connectivity index is 2.11. The number of likely N-dealkylation sites (tertiary alicyclic amines) is 1. The van der Waals surface area contributed by atoms with Crippen molar-refractivity contribution < 1.29 is 9.53 Å². The highest BCUT2D eigenvalue weighted by Gasteiger charge is 2.25. The lowest BCUT2D eigenvalue weighted by Gasteiger charge is -2.31. The first-order valence-electron chi connectivity index (χ1n) is 7.87. The van der Waals surface area contributed by atoms with Crippen LogP contribution in [0.5, 0.6) is 5.75 Å².